The van der Waals surface area contributed by atoms with Gasteiger partial charge in [-0.1, -0.05) is 13.8 Å². The van der Waals surface area contributed by atoms with Crippen LogP contribution in [0.2, 0.25) is 0 Å². The zero-order valence-corrected chi connectivity index (χ0v) is 11.9. The van der Waals surface area contributed by atoms with Crippen molar-refractivity contribution in [1.29, 1.82) is 0 Å². The van der Waals surface area contributed by atoms with Gasteiger partial charge >= 0.3 is 0 Å². The number of hydrogen-bond donors (Lipinski definition) is 0. The summed E-state index contributed by atoms with van der Waals surface area (Å²) in [6.07, 6.45) is 0.753. The maximum atomic E-state index is 12.2. The quantitative estimate of drug-likeness (QED) is 0.627. The standard InChI is InChI=1S/C15H15N3O3/c1-15(2)8-13-16-12(7-14(19)17(13)9-15)10-3-5-11(6-4-10)18(20)21/h3-7H,8-9H2,1-2H3. The van der Waals surface area contributed by atoms with Gasteiger partial charge in [0, 0.05) is 36.7 Å². The molecule has 0 spiro atoms. The molecule has 0 fully saturated rings. The molecule has 0 amide bonds. The molecule has 0 atom stereocenters. The highest BCUT2D eigenvalue weighted by Gasteiger charge is 2.30. The molecular formula is C15H15N3O3. The van der Waals surface area contributed by atoms with Crippen molar-refractivity contribution in [3.63, 3.8) is 0 Å². The first-order chi connectivity index (χ1) is 9.85. The number of nitro groups is 1. The van der Waals surface area contributed by atoms with Gasteiger partial charge in [0.05, 0.1) is 10.6 Å². The summed E-state index contributed by atoms with van der Waals surface area (Å²) in [5.41, 5.74) is 1.27. The summed E-state index contributed by atoms with van der Waals surface area (Å²) in [7, 11) is 0. The Morgan fingerprint density at radius 1 is 1.29 bits per heavy atom. The van der Waals surface area contributed by atoms with Crippen LogP contribution in [-0.4, -0.2) is 14.5 Å². The van der Waals surface area contributed by atoms with Gasteiger partial charge in [-0.15, -0.1) is 0 Å². The highest BCUT2D eigenvalue weighted by atomic mass is 16.6. The molecule has 1 aromatic heterocycles. The monoisotopic (exact) mass is 285 g/mol. The normalized spacial score (nSPS) is 15.7. The number of rotatable bonds is 2. The maximum absolute atomic E-state index is 12.2. The highest BCUT2D eigenvalue weighted by molar-refractivity contribution is 5.60. The van der Waals surface area contributed by atoms with Crippen molar-refractivity contribution in [2.45, 2.75) is 26.8 Å². The molecule has 3 rings (SSSR count). The molecule has 0 saturated heterocycles. The number of hydrogen-bond acceptors (Lipinski definition) is 4. The summed E-state index contributed by atoms with van der Waals surface area (Å²) in [6, 6.07) is 7.58. The Hall–Kier alpha value is -2.50. The van der Waals surface area contributed by atoms with Gasteiger partial charge in [-0.2, -0.15) is 0 Å². The van der Waals surface area contributed by atoms with Crippen LogP contribution in [0, 0.1) is 15.5 Å². The van der Waals surface area contributed by atoms with Crippen LogP contribution in [0.25, 0.3) is 11.3 Å². The fourth-order valence-electron chi connectivity index (χ4n) is 2.67. The van der Waals surface area contributed by atoms with Crippen LogP contribution in [0.1, 0.15) is 19.7 Å². The second-order valence-electron chi connectivity index (χ2n) is 6.13. The van der Waals surface area contributed by atoms with Gasteiger partial charge < -0.3 is 0 Å². The predicted octanol–water partition coefficient (Wildman–Crippen LogP) is 2.40. The number of benzene rings is 1. The fraction of sp³-hybridized carbons (Fsp3) is 0.333. The smallest absolute Gasteiger partial charge is 0.269 e. The Morgan fingerprint density at radius 2 is 1.95 bits per heavy atom. The first-order valence-electron chi connectivity index (χ1n) is 6.71. The lowest BCUT2D eigenvalue weighted by molar-refractivity contribution is -0.384. The van der Waals surface area contributed by atoms with E-state index in [2.05, 4.69) is 18.8 Å². The summed E-state index contributed by atoms with van der Waals surface area (Å²) in [5.74, 6) is 0.779. The molecule has 0 radical (unpaired) electrons. The average Bonchev–Trinajstić information content (AvgIpc) is 2.74. The van der Waals surface area contributed by atoms with Gasteiger partial charge in [-0.25, -0.2) is 4.98 Å². The molecule has 1 aliphatic rings. The zero-order valence-electron chi connectivity index (χ0n) is 11.9. The van der Waals surface area contributed by atoms with Crippen molar-refractivity contribution in [3.8, 4) is 11.3 Å². The third-order valence-corrected chi connectivity index (χ3v) is 3.68. The lowest BCUT2D eigenvalue weighted by Gasteiger charge is -2.13. The van der Waals surface area contributed by atoms with E-state index in [9.17, 15) is 14.9 Å². The van der Waals surface area contributed by atoms with Crippen molar-refractivity contribution in [2.75, 3.05) is 0 Å². The number of nitro benzene ring substituents is 1. The molecular weight excluding hydrogens is 270 g/mol. The van der Waals surface area contributed by atoms with Crippen LogP contribution in [0.15, 0.2) is 35.1 Å². The van der Waals surface area contributed by atoms with Crippen molar-refractivity contribution in [2.24, 2.45) is 5.41 Å². The Balaban J connectivity index is 2.03. The lowest BCUT2D eigenvalue weighted by Crippen LogP contribution is -2.22. The van der Waals surface area contributed by atoms with Crippen LogP contribution < -0.4 is 5.56 Å². The third kappa shape index (κ3) is 2.44. The van der Waals surface area contributed by atoms with Crippen molar-refractivity contribution in [1.82, 2.24) is 9.55 Å². The van der Waals surface area contributed by atoms with Crippen LogP contribution in [0.3, 0.4) is 0 Å². The molecule has 6 heteroatoms. The second kappa shape index (κ2) is 4.51. The number of nitrogens with zero attached hydrogens (tertiary/aromatic N) is 3. The van der Waals surface area contributed by atoms with E-state index in [1.54, 1.807) is 16.7 Å². The van der Waals surface area contributed by atoms with E-state index in [0.717, 1.165) is 12.2 Å². The average molecular weight is 285 g/mol. The lowest BCUT2D eigenvalue weighted by atomic mass is 9.92. The molecule has 1 aliphatic heterocycles. The van der Waals surface area contributed by atoms with E-state index in [-0.39, 0.29) is 16.7 Å². The third-order valence-electron chi connectivity index (χ3n) is 3.68. The zero-order chi connectivity index (χ0) is 15.2. The van der Waals surface area contributed by atoms with Crippen LogP contribution in [0.5, 0.6) is 0 Å². The van der Waals surface area contributed by atoms with E-state index >= 15 is 0 Å². The molecule has 0 N–H and O–H groups in total. The van der Waals surface area contributed by atoms with Crippen LogP contribution in [0.4, 0.5) is 5.69 Å². The van der Waals surface area contributed by atoms with Crippen molar-refractivity contribution < 1.29 is 4.92 Å². The van der Waals surface area contributed by atoms with Gasteiger partial charge in [-0.3, -0.25) is 19.5 Å². The van der Waals surface area contributed by atoms with Crippen LogP contribution in [-0.2, 0) is 13.0 Å². The van der Waals surface area contributed by atoms with E-state index in [1.807, 2.05) is 0 Å². The summed E-state index contributed by atoms with van der Waals surface area (Å²) in [6.45, 7) is 4.88. The first-order valence-corrected chi connectivity index (χ1v) is 6.71. The van der Waals surface area contributed by atoms with Gasteiger partial charge in [0.1, 0.15) is 5.82 Å². The highest BCUT2D eigenvalue weighted by Crippen LogP contribution is 2.30. The molecule has 0 unspecified atom stereocenters. The van der Waals surface area contributed by atoms with Gasteiger partial charge in [0.15, 0.2) is 0 Å². The second-order valence-corrected chi connectivity index (χ2v) is 6.13. The SMILES string of the molecule is CC1(C)Cc2nc(-c3ccc([N+](=O)[O-])cc3)cc(=O)n2C1. The summed E-state index contributed by atoms with van der Waals surface area (Å²) in [5, 5.41) is 10.7. The number of aromatic nitrogens is 2. The molecule has 1 aromatic carbocycles. The first kappa shape index (κ1) is 13.5. The number of fused-ring (bicyclic) bond motifs is 1. The van der Waals surface area contributed by atoms with Crippen LogP contribution >= 0.6 is 0 Å². The van der Waals surface area contributed by atoms with Crippen molar-refractivity contribution in [3.05, 3.63) is 56.6 Å². The Labute approximate surface area is 121 Å². The molecule has 0 aliphatic carbocycles. The van der Waals surface area contributed by atoms with E-state index in [1.165, 1.54) is 18.2 Å². The molecule has 6 nitrogen and oxygen atoms in total. The minimum Gasteiger partial charge on any atom is -0.296 e. The number of non-ortho nitro benzene ring substituents is 1. The molecule has 2 heterocycles. The molecule has 108 valence electrons. The topological polar surface area (TPSA) is 78.0 Å². The van der Waals surface area contributed by atoms with Gasteiger partial charge in [0.2, 0.25) is 0 Å². The van der Waals surface area contributed by atoms with E-state index < -0.39 is 4.92 Å². The summed E-state index contributed by atoms with van der Waals surface area (Å²) < 4.78 is 1.70. The fourth-order valence-corrected chi connectivity index (χ4v) is 2.67. The molecule has 0 bridgehead atoms. The predicted molar refractivity (Wildman–Crippen MR) is 78.1 cm³/mol. The minimum atomic E-state index is -0.447. The van der Waals surface area contributed by atoms with E-state index in [0.29, 0.717) is 17.8 Å². The molecule has 0 saturated carbocycles. The van der Waals surface area contributed by atoms with E-state index in [4.69, 9.17) is 0 Å². The Kier molecular flexibility index (Phi) is 2.90. The Bertz CT molecular complexity index is 776. The molecule has 2 aromatic rings. The minimum absolute atomic E-state index is 0.0257. The summed E-state index contributed by atoms with van der Waals surface area (Å²) in [4.78, 5) is 26.9. The largest absolute Gasteiger partial charge is 0.296 e. The van der Waals surface area contributed by atoms with Crippen molar-refractivity contribution >= 4 is 5.69 Å². The van der Waals surface area contributed by atoms with Gasteiger partial charge in [-0.05, 0) is 17.5 Å². The Morgan fingerprint density at radius 3 is 2.57 bits per heavy atom. The molecule has 21 heavy (non-hydrogen) atoms. The van der Waals surface area contributed by atoms with Gasteiger partial charge in [0.25, 0.3) is 11.2 Å². The maximum Gasteiger partial charge on any atom is 0.269 e. The summed E-state index contributed by atoms with van der Waals surface area (Å²) >= 11 is 0.